The third-order valence-electron chi connectivity index (χ3n) is 3.70. The molecule has 0 aromatic heterocycles. The van der Waals surface area contributed by atoms with E-state index >= 15 is 0 Å². The van der Waals surface area contributed by atoms with Crippen molar-refractivity contribution in [3.05, 3.63) is 94.5 Å². The summed E-state index contributed by atoms with van der Waals surface area (Å²) in [6.07, 6.45) is 0. The quantitative estimate of drug-likeness (QED) is 0.592. The van der Waals surface area contributed by atoms with E-state index in [0.717, 1.165) is 0 Å². The summed E-state index contributed by atoms with van der Waals surface area (Å²) in [5.41, 5.74) is -0.465. The first-order chi connectivity index (χ1) is 11.5. The number of hydrogen-bond acceptors (Lipinski definition) is 2. The molecule has 5 heteroatoms. The van der Waals surface area contributed by atoms with Gasteiger partial charge in [-0.2, -0.15) is 0 Å². The van der Waals surface area contributed by atoms with Gasteiger partial charge in [0.05, 0.1) is 15.6 Å². The molecule has 0 atom stereocenters. The van der Waals surface area contributed by atoms with E-state index < -0.39 is 12.7 Å². The highest BCUT2D eigenvalue weighted by Gasteiger charge is 2.38. The van der Waals surface area contributed by atoms with Gasteiger partial charge in [0.15, 0.2) is 0 Å². The maximum atomic E-state index is 14.0. The van der Waals surface area contributed by atoms with E-state index in [2.05, 4.69) is 0 Å². The lowest BCUT2D eigenvalue weighted by Gasteiger charge is -2.19. The van der Waals surface area contributed by atoms with Gasteiger partial charge in [0, 0.05) is 10.6 Å². The van der Waals surface area contributed by atoms with Crippen molar-refractivity contribution in [2.75, 3.05) is 0 Å². The van der Waals surface area contributed by atoms with Crippen LogP contribution < -0.4 is 10.6 Å². The van der Waals surface area contributed by atoms with Crippen molar-refractivity contribution in [2.24, 2.45) is 0 Å². The van der Waals surface area contributed by atoms with E-state index in [9.17, 15) is 9.36 Å². The van der Waals surface area contributed by atoms with Crippen LogP contribution in [-0.4, -0.2) is 5.52 Å². The zero-order valence-electron chi connectivity index (χ0n) is 12.5. The van der Waals surface area contributed by atoms with Gasteiger partial charge >= 0.3 is 0 Å². The first kappa shape index (κ1) is 17.0. The lowest BCUT2D eigenvalue weighted by atomic mass is 10.2. The van der Waals surface area contributed by atoms with Gasteiger partial charge in [0.25, 0.3) is 0 Å². The molecule has 0 spiro atoms. The molecule has 0 N–H and O–H groups in total. The van der Waals surface area contributed by atoms with E-state index in [4.69, 9.17) is 23.2 Å². The van der Waals surface area contributed by atoms with Crippen LogP contribution in [0.1, 0.15) is 10.4 Å². The number of benzene rings is 3. The van der Waals surface area contributed by atoms with Gasteiger partial charge in [0.2, 0.25) is 12.7 Å². The maximum absolute atomic E-state index is 14.0. The van der Waals surface area contributed by atoms with Gasteiger partial charge in [0.1, 0.15) is 0 Å². The predicted octanol–water partition coefficient (Wildman–Crippen LogP) is 5.15. The van der Waals surface area contributed by atoms with E-state index in [1.807, 2.05) is 12.1 Å². The highest BCUT2D eigenvalue weighted by atomic mass is 35.5. The normalized spacial score (nSPS) is 11.2. The Bertz CT molecular complexity index is 861. The fraction of sp³-hybridized carbons (Fsp3) is 0. The Labute approximate surface area is 150 Å². The second-order valence-corrected chi connectivity index (χ2v) is 8.65. The molecule has 0 radical (unpaired) electrons. The highest BCUT2D eigenvalue weighted by molar-refractivity contribution is 7.93. The number of carbonyl (C=O) groups excluding carboxylic acids is 1. The fourth-order valence-corrected chi connectivity index (χ4v) is 5.73. The van der Waals surface area contributed by atoms with Gasteiger partial charge in [-0.15, -0.1) is 0 Å². The molecular weight excluding hydrogens is 362 g/mol. The molecule has 0 heterocycles. The Morgan fingerprint density at radius 3 is 1.50 bits per heavy atom. The van der Waals surface area contributed by atoms with Gasteiger partial charge in [-0.25, -0.2) is 0 Å². The topological polar surface area (TPSA) is 34.1 Å². The molecule has 0 saturated heterocycles. The maximum Gasteiger partial charge on any atom is 0.233 e. The third kappa shape index (κ3) is 2.93. The fourth-order valence-electron chi connectivity index (χ4n) is 2.52. The van der Waals surface area contributed by atoms with E-state index in [1.165, 1.54) is 0 Å². The van der Waals surface area contributed by atoms with Gasteiger partial charge in [-0.3, -0.25) is 4.79 Å². The third-order valence-corrected chi connectivity index (χ3v) is 7.18. The van der Waals surface area contributed by atoms with Gasteiger partial charge < -0.3 is 4.57 Å². The molecule has 0 unspecified atom stereocenters. The molecule has 0 amide bonds. The van der Waals surface area contributed by atoms with Gasteiger partial charge in [-0.05, 0) is 12.1 Å². The summed E-state index contributed by atoms with van der Waals surface area (Å²) in [7, 11) is -3.60. The van der Waals surface area contributed by atoms with Crippen LogP contribution in [0.2, 0.25) is 10.0 Å². The molecule has 0 aliphatic carbocycles. The van der Waals surface area contributed by atoms with Crippen LogP contribution in [0.5, 0.6) is 0 Å². The lowest BCUT2D eigenvalue weighted by molar-refractivity contribution is 0.107. The Balaban J connectivity index is 2.28. The minimum absolute atomic E-state index is 0.0943. The number of rotatable bonds is 4. The summed E-state index contributed by atoms with van der Waals surface area (Å²) < 4.78 is 14.0. The molecule has 0 aliphatic rings. The van der Waals surface area contributed by atoms with Crippen LogP contribution in [0.4, 0.5) is 0 Å². The van der Waals surface area contributed by atoms with E-state index in [1.54, 1.807) is 66.7 Å². The smallest absolute Gasteiger partial charge is 0.233 e. The van der Waals surface area contributed by atoms with Crippen molar-refractivity contribution >= 4 is 46.5 Å². The zero-order chi connectivity index (χ0) is 17.2. The monoisotopic (exact) mass is 374 g/mol. The van der Waals surface area contributed by atoms with E-state index in [0.29, 0.717) is 10.6 Å². The minimum atomic E-state index is -3.60. The van der Waals surface area contributed by atoms with Crippen LogP contribution in [-0.2, 0) is 4.57 Å². The molecule has 0 bridgehead atoms. The van der Waals surface area contributed by atoms with Gasteiger partial charge in [-0.1, -0.05) is 89.9 Å². The average molecular weight is 375 g/mol. The summed E-state index contributed by atoms with van der Waals surface area (Å²) in [5.74, 6) is 0. The average Bonchev–Trinajstić information content (AvgIpc) is 2.62. The molecule has 0 saturated carbocycles. The Morgan fingerprint density at radius 2 is 1.08 bits per heavy atom. The highest BCUT2D eigenvalue weighted by Crippen LogP contribution is 2.49. The Morgan fingerprint density at radius 1 is 0.667 bits per heavy atom. The van der Waals surface area contributed by atoms with Crippen molar-refractivity contribution < 1.29 is 9.36 Å². The largest absolute Gasteiger partial charge is 0.305 e. The first-order valence-corrected chi connectivity index (χ1v) is 9.71. The van der Waals surface area contributed by atoms with Crippen LogP contribution in [0.3, 0.4) is 0 Å². The molecule has 3 rings (SSSR count). The van der Waals surface area contributed by atoms with Crippen LogP contribution in [0.15, 0.2) is 78.9 Å². The molecule has 3 aromatic carbocycles. The Kier molecular flexibility index (Phi) is 4.91. The van der Waals surface area contributed by atoms with E-state index in [-0.39, 0.29) is 15.6 Å². The standard InChI is InChI=1S/C19H13Cl2O2P/c20-16-12-7-13-17(21)18(16)19(22)24(23,14-8-3-1-4-9-14)15-10-5-2-6-11-15/h1-13H. The van der Waals surface area contributed by atoms with Crippen LogP contribution in [0.25, 0.3) is 0 Å². The van der Waals surface area contributed by atoms with Crippen LogP contribution >= 0.6 is 30.3 Å². The number of halogens is 2. The summed E-state index contributed by atoms with van der Waals surface area (Å²) in [6, 6.07) is 22.2. The second-order valence-electron chi connectivity index (χ2n) is 5.18. The lowest BCUT2D eigenvalue weighted by Crippen LogP contribution is -2.23. The molecule has 120 valence electrons. The van der Waals surface area contributed by atoms with Crippen molar-refractivity contribution in [3.8, 4) is 0 Å². The molecule has 3 aromatic rings. The minimum Gasteiger partial charge on any atom is -0.305 e. The first-order valence-electron chi connectivity index (χ1n) is 7.25. The summed E-state index contributed by atoms with van der Waals surface area (Å²) in [4.78, 5) is 13.3. The molecule has 2 nitrogen and oxygen atoms in total. The van der Waals surface area contributed by atoms with Crippen molar-refractivity contribution in [1.29, 1.82) is 0 Å². The SMILES string of the molecule is O=C(c1c(Cl)cccc1Cl)P(=O)(c1ccccc1)c1ccccc1. The summed E-state index contributed by atoms with van der Waals surface area (Å²) in [5, 5.41) is 1.30. The number of carbonyl (C=O) groups is 1. The predicted molar refractivity (Wildman–Crippen MR) is 101 cm³/mol. The molecule has 0 aliphatic heterocycles. The second kappa shape index (κ2) is 6.94. The zero-order valence-corrected chi connectivity index (χ0v) is 14.9. The summed E-state index contributed by atoms with van der Waals surface area (Å²) >= 11 is 12.4. The van der Waals surface area contributed by atoms with Crippen molar-refractivity contribution in [1.82, 2.24) is 0 Å². The Hall–Kier alpha value is -1.86. The van der Waals surface area contributed by atoms with Crippen molar-refractivity contribution in [2.45, 2.75) is 0 Å². The van der Waals surface area contributed by atoms with Crippen LogP contribution in [0, 0.1) is 0 Å². The molecular formula is C19H13Cl2O2P. The molecule has 0 fully saturated rings. The van der Waals surface area contributed by atoms with Crippen molar-refractivity contribution in [3.63, 3.8) is 0 Å². The summed E-state index contributed by atoms with van der Waals surface area (Å²) in [6.45, 7) is 0. The molecule has 24 heavy (non-hydrogen) atoms. The number of hydrogen-bond donors (Lipinski definition) is 0.